The van der Waals surface area contributed by atoms with E-state index >= 15 is 0 Å². The molecular weight excluding hydrogens is 348 g/mol. The number of hydrogen-bond acceptors (Lipinski definition) is 6. The second kappa shape index (κ2) is 7.13. The third-order valence-electron chi connectivity index (χ3n) is 4.09. The number of rotatable bonds is 4. The van der Waals surface area contributed by atoms with E-state index in [1.54, 1.807) is 17.0 Å². The highest BCUT2D eigenvalue weighted by molar-refractivity contribution is 7.07. The van der Waals surface area contributed by atoms with Crippen molar-refractivity contribution in [2.75, 3.05) is 18.2 Å². The van der Waals surface area contributed by atoms with Gasteiger partial charge in [-0.15, -0.1) is 0 Å². The molecule has 3 aromatic rings. The molecule has 0 unspecified atom stereocenters. The molecular formula is C19H18N4O2S. The van der Waals surface area contributed by atoms with E-state index in [9.17, 15) is 4.79 Å². The first-order chi connectivity index (χ1) is 12.7. The molecule has 132 valence electrons. The molecule has 4 rings (SSSR count). The Morgan fingerprint density at radius 3 is 2.69 bits per heavy atom. The van der Waals surface area contributed by atoms with E-state index in [1.807, 2.05) is 49.4 Å². The van der Waals surface area contributed by atoms with Crippen molar-refractivity contribution in [3.63, 3.8) is 0 Å². The predicted octanol–water partition coefficient (Wildman–Crippen LogP) is 1.59. The highest BCUT2D eigenvalue weighted by Gasteiger charge is 2.16. The van der Waals surface area contributed by atoms with E-state index in [-0.39, 0.29) is 5.56 Å². The minimum absolute atomic E-state index is 0.0128. The van der Waals surface area contributed by atoms with Crippen LogP contribution < -0.4 is 24.5 Å². The lowest BCUT2D eigenvalue weighted by molar-refractivity contribution is 0.340. The number of benzene rings is 1. The van der Waals surface area contributed by atoms with Gasteiger partial charge in [-0.25, -0.2) is 4.99 Å². The number of anilines is 1. The molecule has 1 aromatic carbocycles. The Morgan fingerprint density at radius 1 is 1.19 bits per heavy atom. The highest BCUT2D eigenvalue weighted by Crippen LogP contribution is 2.20. The summed E-state index contributed by atoms with van der Waals surface area (Å²) in [7, 11) is 0. The van der Waals surface area contributed by atoms with Gasteiger partial charge in [0.1, 0.15) is 19.1 Å². The Labute approximate surface area is 154 Å². The summed E-state index contributed by atoms with van der Waals surface area (Å²) in [6.07, 6.45) is 5.32. The fourth-order valence-corrected chi connectivity index (χ4v) is 3.77. The first-order valence-electron chi connectivity index (χ1n) is 8.38. The standard InChI is InChI=1S/C19H18N4O2S/c1-2-25-16-5-3-15(4-6-16)22-12-21-19-23(13-22)18(24)17(26-19)11-14-7-9-20-10-8-14/h3-11H,2,12-13H2,1H3. The molecule has 0 saturated heterocycles. The molecule has 26 heavy (non-hydrogen) atoms. The van der Waals surface area contributed by atoms with Crippen molar-refractivity contribution in [2.24, 2.45) is 4.99 Å². The van der Waals surface area contributed by atoms with E-state index < -0.39 is 0 Å². The Hall–Kier alpha value is -2.93. The molecule has 0 N–H and O–H groups in total. The van der Waals surface area contributed by atoms with Gasteiger partial charge in [0, 0.05) is 18.1 Å². The average Bonchev–Trinajstić information content (AvgIpc) is 2.99. The Balaban J connectivity index is 1.63. The summed E-state index contributed by atoms with van der Waals surface area (Å²) in [6.45, 7) is 3.63. The molecule has 3 heterocycles. The summed E-state index contributed by atoms with van der Waals surface area (Å²) in [5, 5.41) is 0. The highest BCUT2D eigenvalue weighted by atomic mass is 32.1. The van der Waals surface area contributed by atoms with Crippen molar-refractivity contribution < 1.29 is 4.74 Å². The maximum absolute atomic E-state index is 12.8. The van der Waals surface area contributed by atoms with Crippen LogP contribution in [0.1, 0.15) is 12.5 Å². The first-order valence-corrected chi connectivity index (χ1v) is 9.20. The zero-order valence-corrected chi connectivity index (χ0v) is 15.1. The molecule has 0 aliphatic carbocycles. The zero-order valence-electron chi connectivity index (χ0n) is 14.3. The number of ether oxygens (including phenoxy) is 1. The normalized spacial score (nSPS) is 14.0. The molecule has 0 spiro atoms. The fourth-order valence-electron chi connectivity index (χ4n) is 2.81. The summed E-state index contributed by atoms with van der Waals surface area (Å²) < 4.78 is 7.88. The molecule has 0 radical (unpaired) electrons. The SMILES string of the molecule is CCOc1ccc(N2CN=c3sc(=Cc4ccncc4)c(=O)n3C2)cc1. The lowest BCUT2D eigenvalue weighted by Crippen LogP contribution is -2.42. The number of nitrogens with zero attached hydrogens (tertiary/aromatic N) is 4. The smallest absolute Gasteiger partial charge is 0.271 e. The zero-order chi connectivity index (χ0) is 17.9. The van der Waals surface area contributed by atoms with Crippen LogP contribution >= 0.6 is 11.3 Å². The molecule has 1 aliphatic heterocycles. The fraction of sp³-hybridized carbons (Fsp3) is 0.211. The molecule has 6 nitrogen and oxygen atoms in total. The van der Waals surface area contributed by atoms with E-state index in [0.29, 0.717) is 24.5 Å². The monoisotopic (exact) mass is 366 g/mol. The van der Waals surface area contributed by atoms with E-state index in [0.717, 1.165) is 21.8 Å². The molecule has 2 aromatic heterocycles. The summed E-state index contributed by atoms with van der Waals surface area (Å²) in [6, 6.07) is 11.6. The summed E-state index contributed by atoms with van der Waals surface area (Å²) in [5.41, 5.74) is 1.96. The Kier molecular flexibility index (Phi) is 4.53. The molecule has 0 saturated carbocycles. The molecule has 7 heteroatoms. The van der Waals surface area contributed by atoms with Gasteiger partial charge in [-0.05, 0) is 55.0 Å². The largest absolute Gasteiger partial charge is 0.494 e. The van der Waals surface area contributed by atoms with Gasteiger partial charge in [0.05, 0.1) is 11.1 Å². The summed E-state index contributed by atoms with van der Waals surface area (Å²) >= 11 is 1.42. The van der Waals surface area contributed by atoms with Gasteiger partial charge in [-0.3, -0.25) is 14.3 Å². The van der Waals surface area contributed by atoms with Crippen LogP contribution in [-0.2, 0) is 6.67 Å². The third kappa shape index (κ3) is 3.25. The lowest BCUT2D eigenvalue weighted by atomic mass is 10.2. The number of fused-ring (bicyclic) bond motifs is 1. The summed E-state index contributed by atoms with van der Waals surface area (Å²) in [4.78, 5) is 24.2. The maximum atomic E-state index is 12.8. The minimum atomic E-state index is -0.0128. The van der Waals surface area contributed by atoms with Crippen LogP contribution in [0.2, 0.25) is 0 Å². The van der Waals surface area contributed by atoms with E-state index in [1.165, 1.54) is 11.3 Å². The molecule has 0 fully saturated rings. The topological polar surface area (TPSA) is 59.7 Å². The van der Waals surface area contributed by atoms with Crippen molar-refractivity contribution in [1.82, 2.24) is 9.55 Å². The number of thiazole rings is 1. The molecule has 0 atom stereocenters. The molecule has 0 amide bonds. The van der Waals surface area contributed by atoms with E-state index in [4.69, 9.17) is 4.74 Å². The van der Waals surface area contributed by atoms with Crippen molar-refractivity contribution in [1.29, 1.82) is 0 Å². The van der Waals surface area contributed by atoms with Gasteiger partial charge in [-0.2, -0.15) is 0 Å². The second-order valence-corrected chi connectivity index (χ2v) is 6.82. The van der Waals surface area contributed by atoms with Crippen LogP contribution in [0.3, 0.4) is 0 Å². The number of hydrogen-bond donors (Lipinski definition) is 0. The first kappa shape index (κ1) is 16.5. The lowest BCUT2D eigenvalue weighted by Gasteiger charge is -2.25. The van der Waals surface area contributed by atoms with Crippen molar-refractivity contribution in [3.8, 4) is 5.75 Å². The predicted molar refractivity (Wildman–Crippen MR) is 102 cm³/mol. The molecule has 0 bridgehead atoms. The molecule has 1 aliphatic rings. The van der Waals surface area contributed by atoms with Crippen LogP contribution in [0.5, 0.6) is 5.75 Å². The van der Waals surface area contributed by atoms with E-state index in [2.05, 4.69) is 14.9 Å². The quantitative estimate of drug-likeness (QED) is 0.704. The van der Waals surface area contributed by atoms with Gasteiger partial charge in [0.25, 0.3) is 5.56 Å². The Morgan fingerprint density at radius 2 is 1.96 bits per heavy atom. The van der Waals surface area contributed by atoms with Crippen LogP contribution in [-0.4, -0.2) is 22.8 Å². The maximum Gasteiger partial charge on any atom is 0.271 e. The second-order valence-electron chi connectivity index (χ2n) is 5.81. The average molecular weight is 366 g/mol. The number of aromatic nitrogens is 2. The summed E-state index contributed by atoms with van der Waals surface area (Å²) in [5.74, 6) is 0.841. The number of pyridine rings is 1. The van der Waals surface area contributed by atoms with Crippen LogP contribution in [0.15, 0.2) is 58.6 Å². The van der Waals surface area contributed by atoms with Gasteiger partial charge in [0.2, 0.25) is 0 Å². The van der Waals surface area contributed by atoms with Gasteiger partial charge < -0.3 is 9.64 Å². The van der Waals surface area contributed by atoms with Crippen LogP contribution in [0.25, 0.3) is 6.08 Å². The van der Waals surface area contributed by atoms with Crippen LogP contribution in [0, 0.1) is 0 Å². The van der Waals surface area contributed by atoms with Crippen LogP contribution in [0.4, 0.5) is 5.69 Å². The van der Waals surface area contributed by atoms with Gasteiger partial charge in [0.15, 0.2) is 4.80 Å². The van der Waals surface area contributed by atoms with Crippen molar-refractivity contribution >= 4 is 23.1 Å². The minimum Gasteiger partial charge on any atom is -0.494 e. The van der Waals surface area contributed by atoms with Crippen molar-refractivity contribution in [3.05, 3.63) is 74.0 Å². The van der Waals surface area contributed by atoms with Gasteiger partial charge >= 0.3 is 0 Å². The van der Waals surface area contributed by atoms with Gasteiger partial charge in [-0.1, -0.05) is 11.3 Å². The Bertz CT molecular complexity index is 1070. The van der Waals surface area contributed by atoms with Crippen molar-refractivity contribution in [2.45, 2.75) is 13.6 Å². The third-order valence-corrected chi connectivity index (χ3v) is 5.14.